The van der Waals surface area contributed by atoms with Crippen molar-refractivity contribution in [3.63, 3.8) is 0 Å². The lowest BCUT2D eigenvalue weighted by Gasteiger charge is -2.04. The predicted molar refractivity (Wildman–Crippen MR) is 46.1 cm³/mol. The lowest BCUT2D eigenvalue weighted by molar-refractivity contribution is -0.138. The van der Waals surface area contributed by atoms with Crippen molar-refractivity contribution < 1.29 is 9.90 Å². The summed E-state index contributed by atoms with van der Waals surface area (Å²) in [4.78, 5) is 18.2. The molecular weight excluding hydrogens is 170 g/mol. The van der Waals surface area contributed by atoms with E-state index in [1.807, 2.05) is 6.92 Å². The van der Waals surface area contributed by atoms with Crippen molar-refractivity contribution in [2.75, 3.05) is 0 Å². The molecule has 0 amide bonds. The summed E-state index contributed by atoms with van der Waals surface area (Å²) in [6.45, 7) is 1.82. The van der Waals surface area contributed by atoms with Crippen molar-refractivity contribution in [3.05, 3.63) is 23.8 Å². The van der Waals surface area contributed by atoms with Gasteiger partial charge in [0.05, 0.1) is 0 Å². The minimum absolute atomic E-state index is 0.235. The molecule has 1 atom stereocenters. The number of carbonyl (C=O) groups is 1. The van der Waals surface area contributed by atoms with Crippen LogP contribution in [-0.4, -0.2) is 27.1 Å². The number of hydrogen-bond acceptors (Lipinski definition) is 4. The third-order valence-corrected chi connectivity index (χ3v) is 1.61. The van der Waals surface area contributed by atoms with Crippen molar-refractivity contribution in [2.24, 2.45) is 5.73 Å². The summed E-state index contributed by atoms with van der Waals surface area (Å²) in [5.74, 6) is -1.02. The third kappa shape index (κ3) is 2.79. The summed E-state index contributed by atoms with van der Waals surface area (Å²) in [7, 11) is 0. The molecule has 5 nitrogen and oxygen atoms in total. The summed E-state index contributed by atoms with van der Waals surface area (Å²) in [6.07, 6.45) is 1.64. The van der Waals surface area contributed by atoms with Gasteiger partial charge in [-0.05, 0) is 13.0 Å². The molecule has 0 saturated carbocycles. The van der Waals surface area contributed by atoms with Crippen molar-refractivity contribution in [2.45, 2.75) is 19.4 Å². The second-order valence-electron chi connectivity index (χ2n) is 2.80. The average Bonchev–Trinajstić information content (AvgIpc) is 2.04. The van der Waals surface area contributed by atoms with Gasteiger partial charge < -0.3 is 10.8 Å². The molecule has 1 aromatic rings. The Morgan fingerprint density at radius 2 is 2.38 bits per heavy atom. The first-order valence-electron chi connectivity index (χ1n) is 3.85. The average molecular weight is 181 g/mol. The molecule has 70 valence electrons. The summed E-state index contributed by atoms with van der Waals surface area (Å²) >= 11 is 0. The molecule has 0 spiro atoms. The van der Waals surface area contributed by atoms with Crippen molar-refractivity contribution in [1.29, 1.82) is 0 Å². The van der Waals surface area contributed by atoms with Gasteiger partial charge in [-0.15, -0.1) is 0 Å². The number of carboxylic acids is 1. The molecule has 0 aliphatic rings. The largest absolute Gasteiger partial charge is 0.480 e. The quantitative estimate of drug-likeness (QED) is 0.670. The van der Waals surface area contributed by atoms with Gasteiger partial charge in [0.1, 0.15) is 12.4 Å². The molecule has 1 aromatic heterocycles. The molecule has 0 aliphatic carbocycles. The van der Waals surface area contributed by atoms with Gasteiger partial charge in [-0.25, -0.2) is 9.97 Å². The Bertz CT molecular complexity index is 314. The van der Waals surface area contributed by atoms with E-state index in [0.29, 0.717) is 5.69 Å². The van der Waals surface area contributed by atoms with Crippen LogP contribution in [0.4, 0.5) is 0 Å². The molecule has 0 aromatic carbocycles. The van der Waals surface area contributed by atoms with Crippen LogP contribution < -0.4 is 5.73 Å². The molecule has 0 fully saturated rings. The molecule has 5 heteroatoms. The fourth-order valence-electron chi connectivity index (χ4n) is 0.934. The first kappa shape index (κ1) is 9.60. The van der Waals surface area contributed by atoms with E-state index in [1.54, 1.807) is 6.07 Å². The fourth-order valence-corrected chi connectivity index (χ4v) is 0.934. The highest BCUT2D eigenvalue weighted by atomic mass is 16.4. The fraction of sp³-hybridized carbons (Fsp3) is 0.375. The minimum Gasteiger partial charge on any atom is -0.480 e. The van der Waals surface area contributed by atoms with Gasteiger partial charge in [-0.2, -0.15) is 0 Å². The number of nitrogens with two attached hydrogens (primary N) is 1. The normalized spacial score (nSPS) is 12.5. The maximum absolute atomic E-state index is 10.4. The Morgan fingerprint density at radius 1 is 1.69 bits per heavy atom. The highest BCUT2D eigenvalue weighted by Crippen LogP contribution is 1.99. The molecule has 13 heavy (non-hydrogen) atoms. The summed E-state index contributed by atoms with van der Waals surface area (Å²) in [5, 5.41) is 8.54. The lowest BCUT2D eigenvalue weighted by atomic mass is 10.1. The third-order valence-electron chi connectivity index (χ3n) is 1.61. The van der Waals surface area contributed by atoms with E-state index in [0.717, 1.165) is 5.69 Å². The molecule has 3 N–H and O–H groups in total. The van der Waals surface area contributed by atoms with Crippen molar-refractivity contribution in [1.82, 2.24) is 9.97 Å². The highest BCUT2D eigenvalue weighted by molar-refractivity contribution is 5.73. The standard InChI is InChI=1S/C8H11N3O2/c1-5-2-6(11-4-10-5)3-7(9)8(12)13/h2,4,7H,3,9H2,1H3,(H,12,13). The Morgan fingerprint density at radius 3 is 2.92 bits per heavy atom. The molecule has 0 radical (unpaired) electrons. The second-order valence-corrected chi connectivity index (χ2v) is 2.80. The van der Waals surface area contributed by atoms with E-state index >= 15 is 0 Å². The van der Waals surface area contributed by atoms with Crippen LogP contribution in [0.5, 0.6) is 0 Å². The first-order chi connectivity index (χ1) is 6.09. The van der Waals surface area contributed by atoms with E-state index in [1.165, 1.54) is 6.33 Å². The van der Waals surface area contributed by atoms with Gasteiger partial charge in [-0.3, -0.25) is 4.79 Å². The zero-order chi connectivity index (χ0) is 9.84. The molecular formula is C8H11N3O2. The van der Waals surface area contributed by atoms with Gasteiger partial charge >= 0.3 is 5.97 Å². The number of aliphatic carboxylic acids is 1. The topological polar surface area (TPSA) is 89.1 Å². The molecule has 1 heterocycles. The number of rotatable bonds is 3. The van der Waals surface area contributed by atoms with Crippen molar-refractivity contribution >= 4 is 5.97 Å². The van der Waals surface area contributed by atoms with Crippen molar-refractivity contribution in [3.8, 4) is 0 Å². The number of hydrogen-bond donors (Lipinski definition) is 2. The van der Waals surface area contributed by atoms with Crippen LogP contribution in [0.3, 0.4) is 0 Å². The van der Waals surface area contributed by atoms with Gasteiger partial charge in [0, 0.05) is 17.8 Å². The summed E-state index contributed by atoms with van der Waals surface area (Å²) in [6, 6.07) is 0.831. The first-order valence-corrected chi connectivity index (χ1v) is 3.85. The predicted octanol–water partition coefficient (Wildman–Crippen LogP) is -0.261. The molecule has 1 unspecified atom stereocenters. The van der Waals surface area contributed by atoms with Crippen LogP contribution in [0.2, 0.25) is 0 Å². The molecule has 1 rings (SSSR count). The molecule has 0 aliphatic heterocycles. The van der Waals surface area contributed by atoms with E-state index in [4.69, 9.17) is 10.8 Å². The number of aryl methyl sites for hydroxylation is 1. The van der Waals surface area contributed by atoms with Crippen LogP contribution in [0.25, 0.3) is 0 Å². The number of carboxylic acid groups (broad SMARTS) is 1. The monoisotopic (exact) mass is 181 g/mol. The zero-order valence-electron chi connectivity index (χ0n) is 7.27. The Hall–Kier alpha value is -1.49. The number of aromatic nitrogens is 2. The maximum atomic E-state index is 10.4. The van der Waals surface area contributed by atoms with Crippen LogP contribution in [0, 0.1) is 6.92 Å². The maximum Gasteiger partial charge on any atom is 0.320 e. The van der Waals surface area contributed by atoms with Crippen LogP contribution in [0.15, 0.2) is 12.4 Å². The molecule has 0 bridgehead atoms. The van der Waals surface area contributed by atoms with Crippen LogP contribution in [-0.2, 0) is 11.2 Å². The van der Waals surface area contributed by atoms with Gasteiger partial charge in [0.2, 0.25) is 0 Å². The van der Waals surface area contributed by atoms with Crippen LogP contribution >= 0.6 is 0 Å². The van der Waals surface area contributed by atoms with Gasteiger partial charge in [-0.1, -0.05) is 0 Å². The van der Waals surface area contributed by atoms with Gasteiger partial charge in [0.25, 0.3) is 0 Å². The number of nitrogens with zero attached hydrogens (tertiary/aromatic N) is 2. The summed E-state index contributed by atoms with van der Waals surface area (Å²) < 4.78 is 0. The van der Waals surface area contributed by atoms with Gasteiger partial charge in [0.15, 0.2) is 0 Å². The smallest absolute Gasteiger partial charge is 0.320 e. The zero-order valence-corrected chi connectivity index (χ0v) is 7.27. The summed E-state index contributed by atoms with van der Waals surface area (Å²) in [5.41, 5.74) is 6.80. The Balaban J connectivity index is 2.69. The highest BCUT2D eigenvalue weighted by Gasteiger charge is 2.12. The Labute approximate surface area is 75.6 Å². The lowest BCUT2D eigenvalue weighted by Crippen LogP contribution is -2.32. The SMILES string of the molecule is Cc1cc(CC(N)C(=O)O)ncn1. The van der Waals surface area contributed by atoms with E-state index in [9.17, 15) is 4.79 Å². The van der Waals surface area contributed by atoms with E-state index in [2.05, 4.69) is 9.97 Å². The van der Waals surface area contributed by atoms with E-state index in [-0.39, 0.29) is 6.42 Å². The second kappa shape index (κ2) is 3.95. The minimum atomic E-state index is -1.02. The Kier molecular flexibility index (Phi) is 2.92. The van der Waals surface area contributed by atoms with E-state index < -0.39 is 12.0 Å². The van der Waals surface area contributed by atoms with Crippen LogP contribution in [0.1, 0.15) is 11.4 Å². The molecule has 0 saturated heterocycles.